The Balaban J connectivity index is 1.74. The summed E-state index contributed by atoms with van der Waals surface area (Å²) in [5.41, 5.74) is 0. The van der Waals surface area contributed by atoms with Gasteiger partial charge in [0.2, 0.25) is 5.91 Å². The van der Waals surface area contributed by atoms with Crippen LogP contribution in [0.4, 0.5) is 0 Å². The number of carbonyl (C=O) groups excluding carboxylic acids is 1. The molecule has 2 aliphatic heterocycles. The Morgan fingerprint density at radius 1 is 1.11 bits per heavy atom. The van der Waals surface area contributed by atoms with Gasteiger partial charge in [-0.25, -0.2) is 0 Å². The lowest BCUT2D eigenvalue weighted by atomic mass is 10.0. The van der Waals surface area contributed by atoms with Gasteiger partial charge >= 0.3 is 0 Å². The molecule has 1 amide bonds. The molecule has 18 heavy (non-hydrogen) atoms. The molecule has 2 heterocycles. The maximum atomic E-state index is 12.2. The molecule has 0 N–H and O–H groups in total. The fourth-order valence-corrected chi connectivity index (χ4v) is 2.97. The van der Waals surface area contributed by atoms with Crippen molar-refractivity contribution in [2.24, 2.45) is 5.92 Å². The van der Waals surface area contributed by atoms with Crippen LogP contribution < -0.4 is 0 Å². The molecule has 2 fully saturated rings. The molecule has 104 valence electrons. The van der Waals surface area contributed by atoms with Gasteiger partial charge in [-0.05, 0) is 25.3 Å². The fourth-order valence-electron chi connectivity index (χ4n) is 2.97. The molecule has 4 nitrogen and oxygen atoms in total. The highest BCUT2D eigenvalue weighted by molar-refractivity contribution is 5.78. The third-order valence-corrected chi connectivity index (χ3v) is 4.28. The van der Waals surface area contributed by atoms with E-state index in [9.17, 15) is 4.79 Å². The molecule has 0 aromatic carbocycles. The average Bonchev–Trinajstić information content (AvgIpc) is 2.39. The van der Waals surface area contributed by atoms with Crippen molar-refractivity contribution in [3.8, 4) is 0 Å². The van der Waals surface area contributed by atoms with E-state index in [-0.39, 0.29) is 0 Å². The second-order valence-corrected chi connectivity index (χ2v) is 5.80. The van der Waals surface area contributed by atoms with Crippen LogP contribution in [0.1, 0.15) is 26.7 Å². The van der Waals surface area contributed by atoms with E-state index in [0.29, 0.717) is 18.4 Å². The normalized spacial score (nSPS) is 27.4. The molecule has 0 spiro atoms. The van der Waals surface area contributed by atoms with Crippen LogP contribution >= 0.6 is 0 Å². The van der Waals surface area contributed by atoms with Crippen molar-refractivity contribution in [1.82, 2.24) is 14.7 Å². The molecule has 0 aliphatic carbocycles. The van der Waals surface area contributed by atoms with Crippen molar-refractivity contribution >= 4 is 5.91 Å². The lowest BCUT2D eigenvalue weighted by molar-refractivity contribution is -0.134. The number of hydrogen-bond acceptors (Lipinski definition) is 3. The van der Waals surface area contributed by atoms with Crippen LogP contribution in [0.25, 0.3) is 0 Å². The van der Waals surface area contributed by atoms with Gasteiger partial charge in [-0.3, -0.25) is 9.69 Å². The van der Waals surface area contributed by atoms with Crippen LogP contribution in [0, 0.1) is 5.92 Å². The number of hydrogen-bond donors (Lipinski definition) is 0. The number of likely N-dealkylation sites (N-methyl/N-ethyl adjacent to an activating group) is 1. The van der Waals surface area contributed by atoms with Gasteiger partial charge in [-0.15, -0.1) is 0 Å². The molecule has 0 aromatic heterocycles. The Hall–Kier alpha value is -0.610. The lowest BCUT2D eigenvalue weighted by Crippen LogP contribution is -2.51. The summed E-state index contributed by atoms with van der Waals surface area (Å²) in [5.74, 6) is 1.02. The minimum absolute atomic E-state index is 0.339. The van der Waals surface area contributed by atoms with E-state index in [1.165, 1.54) is 12.8 Å². The van der Waals surface area contributed by atoms with E-state index in [2.05, 4.69) is 28.5 Å². The molecule has 1 atom stereocenters. The molecule has 2 saturated heterocycles. The second kappa shape index (κ2) is 6.53. The Kier molecular flexibility index (Phi) is 5.01. The SMILES string of the molecule is CCN1CCN(CC(=O)N2CCCC(C)C2)CC1. The molecule has 0 bridgehead atoms. The van der Waals surface area contributed by atoms with Gasteiger partial charge in [0.05, 0.1) is 6.54 Å². The summed E-state index contributed by atoms with van der Waals surface area (Å²) in [6, 6.07) is 0. The lowest BCUT2D eigenvalue weighted by Gasteiger charge is -2.36. The first-order valence-electron chi connectivity index (χ1n) is 7.41. The standard InChI is InChI=1S/C14H27N3O/c1-3-15-7-9-16(10-8-15)12-14(18)17-6-4-5-13(2)11-17/h13H,3-12H2,1-2H3. The van der Waals surface area contributed by atoms with Gasteiger partial charge in [-0.1, -0.05) is 13.8 Å². The summed E-state index contributed by atoms with van der Waals surface area (Å²) in [5, 5.41) is 0. The molecule has 2 aliphatic rings. The van der Waals surface area contributed by atoms with E-state index in [4.69, 9.17) is 0 Å². The van der Waals surface area contributed by atoms with Gasteiger partial charge in [0.1, 0.15) is 0 Å². The molecular weight excluding hydrogens is 226 g/mol. The van der Waals surface area contributed by atoms with E-state index < -0.39 is 0 Å². The first-order valence-corrected chi connectivity index (χ1v) is 7.41. The van der Waals surface area contributed by atoms with Gasteiger partial charge in [-0.2, -0.15) is 0 Å². The van der Waals surface area contributed by atoms with Crippen molar-refractivity contribution in [1.29, 1.82) is 0 Å². The number of carbonyl (C=O) groups is 1. The predicted octanol–water partition coefficient (Wildman–Crippen LogP) is 0.882. The monoisotopic (exact) mass is 253 g/mol. The highest BCUT2D eigenvalue weighted by atomic mass is 16.2. The highest BCUT2D eigenvalue weighted by Gasteiger charge is 2.24. The molecule has 0 saturated carbocycles. The molecule has 0 aromatic rings. The summed E-state index contributed by atoms with van der Waals surface area (Å²) in [6.45, 7) is 12.5. The Bertz CT molecular complexity index is 274. The van der Waals surface area contributed by atoms with Crippen LogP contribution in [0.5, 0.6) is 0 Å². The zero-order chi connectivity index (χ0) is 13.0. The van der Waals surface area contributed by atoms with Gasteiger partial charge in [0.25, 0.3) is 0 Å². The van der Waals surface area contributed by atoms with Gasteiger partial charge in [0.15, 0.2) is 0 Å². The van der Waals surface area contributed by atoms with Crippen molar-refractivity contribution in [2.45, 2.75) is 26.7 Å². The zero-order valence-electron chi connectivity index (χ0n) is 11.9. The summed E-state index contributed by atoms with van der Waals surface area (Å²) < 4.78 is 0. The molecule has 0 radical (unpaired) electrons. The van der Waals surface area contributed by atoms with Crippen molar-refractivity contribution in [3.05, 3.63) is 0 Å². The summed E-state index contributed by atoms with van der Waals surface area (Å²) >= 11 is 0. The summed E-state index contributed by atoms with van der Waals surface area (Å²) in [4.78, 5) is 19.1. The average molecular weight is 253 g/mol. The largest absolute Gasteiger partial charge is 0.341 e. The molecule has 2 rings (SSSR count). The van der Waals surface area contributed by atoms with Crippen molar-refractivity contribution in [2.75, 3.05) is 52.4 Å². The van der Waals surface area contributed by atoms with Crippen LogP contribution in [-0.4, -0.2) is 73.0 Å². The quantitative estimate of drug-likeness (QED) is 0.747. The Morgan fingerprint density at radius 3 is 2.39 bits per heavy atom. The number of amides is 1. The Morgan fingerprint density at radius 2 is 1.78 bits per heavy atom. The number of rotatable bonds is 3. The van der Waals surface area contributed by atoms with E-state index >= 15 is 0 Å². The fraction of sp³-hybridized carbons (Fsp3) is 0.929. The maximum absolute atomic E-state index is 12.2. The van der Waals surface area contributed by atoms with E-state index in [0.717, 1.165) is 45.8 Å². The van der Waals surface area contributed by atoms with Gasteiger partial charge in [0, 0.05) is 39.3 Å². The third kappa shape index (κ3) is 3.69. The van der Waals surface area contributed by atoms with Crippen LogP contribution in [0.2, 0.25) is 0 Å². The number of piperidine rings is 1. The molecule has 4 heteroatoms. The minimum atomic E-state index is 0.339. The van der Waals surface area contributed by atoms with E-state index in [1.807, 2.05) is 0 Å². The third-order valence-electron chi connectivity index (χ3n) is 4.28. The summed E-state index contributed by atoms with van der Waals surface area (Å²) in [6.07, 6.45) is 2.45. The highest BCUT2D eigenvalue weighted by Crippen LogP contribution is 2.15. The summed E-state index contributed by atoms with van der Waals surface area (Å²) in [7, 11) is 0. The zero-order valence-corrected chi connectivity index (χ0v) is 11.9. The molecule has 1 unspecified atom stereocenters. The first kappa shape index (κ1) is 13.8. The first-order chi connectivity index (χ1) is 8.69. The number of piperazine rings is 1. The van der Waals surface area contributed by atoms with Crippen LogP contribution in [0.15, 0.2) is 0 Å². The molecular formula is C14H27N3O. The Labute approximate surface area is 111 Å². The maximum Gasteiger partial charge on any atom is 0.236 e. The number of nitrogens with zero attached hydrogens (tertiary/aromatic N) is 3. The van der Waals surface area contributed by atoms with Crippen LogP contribution in [-0.2, 0) is 4.79 Å². The van der Waals surface area contributed by atoms with Crippen LogP contribution in [0.3, 0.4) is 0 Å². The predicted molar refractivity (Wildman–Crippen MR) is 73.5 cm³/mol. The smallest absolute Gasteiger partial charge is 0.236 e. The van der Waals surface area contributed by atoms with Crippen molar-refractivity contribution in [3.63, 3.8) is 0 Å². The number of likely N-dealkylation sites (tertiary alicyclic amines) is 1. The second-order valence-electron chi connectivity index (χ2n) is 5.80. The van der Waals surface area contributed by atoms with Gasteiger partial charge < -0.3 is 9.80 Å². The van der Waals surface area contributed by atoms with E-state index in [1.54, 1.807) is 0 Å². The van der Waals surface area contributed by atoms with Crippen molar-refractivity contribution < 1.29 is 4.79 Å². The topological polar surface area (TPSA) is 26.8 Å². The minimum Gasteiger partial charge on any atom is -0.341 e.